The van der Waals surface area contributed by atoms with Crippen molar-refractivity contribution in [3.05, 3.63) is 12.7 Å². The molecule has 2 unspecified atom stereocenters. The fourth-order valence-electron chi connectivity index (χ4n) is 7.48. The Labute approximate surface area is 227 Å². The molecule has 210 valence electrons. The van der Waals surface area contributed by atoms with Gasteiger partial charge in [0.05, 0.1) is 11.9 Å². The second-order valence-corrected chi connectivity index (χ2v) is 14.0. The first kappa shape index (κ1) is 31.7. The first-order chi connectivity index (χ1) is 16.8. The van der Waals surface area contributed by atoms with Crippen LogP contribution < -0.4 is 0 Å². The molecule has 0 aliphatic heterocycles. The van der Waals surface area contributed by atoms with Gasteiger partial charge in [0.15, 0.2) is 0 Å². The molecular formula is C31H57NO3S. The monoisotopic (exact) mass is 523 g/mol. The highest BCUT2D eigenvalue weighted by atomic mass is 32.2. The molecule has 2 fully saturated rings. The minimum absolute atomic E-state index is 0.0266. The van der Waals surface area contributed by atoms with Crippen LogP contribution in [0.25, 0.3) is 0 Å². The Hall–Kier alpha value is -0.520. The third-order valence-corrected chi connectivity index (χ3v) is 11.8. The van der Waals surface area contributed by atoms with Gasteiger partial charge in [-0.25, -0.2) is 0 Å². The van der Waals surface area contributed by atoms with E-state index in [1.54, 1.807) is 11.8 Å². The average Bonchev–Trinajstić information content (AvgIpc) is 2.85. The maximum atomic E-state index is 13.2. The topological polar surface area (TPSA) is 49.8 Å². The number of rotatable bonds is 12. The summed E-state index contributed by atoms with van der Waals surface area (Å²) >= 11 is 1.67. The Morgan fingerprint density at radius 3 is 2.42 bits per heavy atom. The van der Waals surface area contributed by atoms with E-state index in [9.17, 15) is 9.90 Å². The van der Waals surface area contributed by atoms with Gasteiger partial charge in [-0.2, -0.15) is 0 Å². The number of carbonyl (C=O) groups excluding carboxylic acids is 1. The molecule has 2 bridgehead atoms. The zero-order valence-corrected chi connectivity index (χ0v) is 25.8. The van der Waals surface area contributed by atoms with Crippen LogP contribution in [-0.2, 0) is 9.53 Å². The van der Waals surface area contributed by atoms with E-state index >= 15 is 0 Å². The van der Waals surface area contributed by atoms with Gasteiger partial charge in [-0.1, -0.05) is 74.8 Å². The predicted octanol–water partition coefficient (Wildman–Crippen LogP) is 7.06. The molecule has 0 saturated heterocycles. The number of hydrogen-bond acceptors (Lipinski definition) is 5. The fraction of sp³-hybridized carbons (Fsp3) is 0.903. The maximum absolute atomic E-state index is 13.2. The normalized spacial score (nSPS) is 39.1. The van der Waals surface area contributed by atoms with Gasteiger partial charge >= 0.3 is 5.97 Å². The summed E-state index contributed by atoms with van der Waals surface area (Å²) in [6, 6.07) is 0. The molecule has 0 radical (unpaired) electrons. The van der Waals surface area contributed by atoms with E-state index in [-0.39, 0.29) is 28.8 Å². The number of esters is 1. The van der Waals surface area contributed by atoms with Crippen LogP contribution in [0.2, 0.25) is 0 Å². The van der Waals surface area contributed by atoms with E-state index in [4.69, 9.17) is 4.74 Å². The minimum Gasteiger partial charge on any atom is -0.461 e. The van der Waals surface area contributed by atoms with Crippen LogP contribution in [-0.4, -0.2) is 59.3 Å². The van der Waals surface area contributed by atoms with Crippen molar-refractivity contribution in [1.29, 1.82) is 0 Å². The molecular weight excluding hydrogens is 466 g/mol. The number of fused-ring (bicyclic) bond motifs is 2. The smallest absolute Gasteiger partial charge is 0.316 e. The molecule has 0 aromatic heterocycles. The molecule has 0 amide bonds. The van der Waals surface area contributed by atoms with Crippen LogP contribution in [0.4, 0.5) is 0 Å². The van der Waals surface area contributed by atoms with Crippen molar-refractivity contribution < 1.29 is 14.6 Å². The van der Waals surface area contributed by atoms with Crippen LogP contribution in [0.5, 0.6) is 0 Å². The highest BCUT2D eigenvalue weighted by Crippen LogP contribution is 2.65. The number of carbonyl (C=O) groups is 1. The van der Waals surface area contributed by atoms with Crippen LogP contribution in [0.3, 0.4) is 0 Å². The van der Waals surface area contributed by atoms with Crippen molar-refractivity contribution in [2.24, 2.45) is 39.9 Å². The molecule has 8 atom stereocenters. The zero-order chi connectivity index (χ0) is 27.3. The Balaban J connectivity index is 2.36. The molecule has 1 N–H and O–H groups in total. The Kier molecular flexibility index (Phi) is 11.5. The van der Waals surface area contributed by atoms with Crippen molar-refractivity contribution in [2.75, 3.05) is 31.1 Å². The zero-order valence-electron chi connectivity index (χ0n) is 24.9. The fourth-order valence-corrected chi connectivity index (χ4v) is 8.25. The second-order valence-electron chi connectivity index (χ2n) is 12.9. The lowest BCUT2D eigenvalue weighted by molar-refractivity contribution is -0.212. The minimum atomic E-state index is -0.507. The lowest BCUT2D eigenvalue weighted by atomic mass is 9.42. The lowest BCUT2D eigenvalue weighted by Gasteiger charge is -2.64. The standard InChI is InChI=1S/C31H57NO3S/c1-11-29(9)20-26(35-27(33)21-36-19-18-32(12-2)13-3)30(10)23(6)15-17-31(25(30)8,16-14-22(4)5)24(7)28(29)34/h11,22-26,28,34H,1,12-21H2,2-10H3/t23?,24-,25?,26+,28-,29+,30+,31+/m0/s1. The van der Waals surface area contributed by atoms with Gasteiger partial charge in [0.25, 0.3) is 0 Å². The molecule has 2 rings (SSSR count). The first-order valence-electron chi connectivity index (χ1n) is 14.6. The summed E-state index contributed by atoms with van der Waals surface area (Å²) < 4.78 is 6.44. The largest absolute Gasteiger partial charge is 0.461 e. The van der Waals surface area contributed by atoms with Gasteiger partial charge in [0.1, 0.15) is 6.10 Å². The highest BCUT2D eigenvalue weighted by Gasteiger charge is 2.62. The molecule has 0 spiro atoms. The molecule has 36 heavy (non-hydrogen) atoms. The summed E-state index contributed by atoms with van der Waals surface area (Å²) in [4.78, 5) is 15.6. The van der Waals surface area contributed by atoms with Crippen LogP contribution in [0.15, 0.2) is 12.7 Å². The summed E-state index contributed by atoms with van der Waals surface area (Å²) in [5, 5.41) is 11.8. The van der Waals surface area contributed by atoms with E-state index in [1.807, 2.05) is 6.08 Å². The van der Waals surface area contributed by atoms with Gasteiger partial charge in [-0.15, -0.1) is 18.3 Å². The summed E-state index contributed by atoms with van der Waals surface area (Å²) in [6.07, 6.45) is 6.34. The molecule has 0 aromatic carbocycles. The molecule has 0 aromatic rings. The van der Waals surface area contributed by atoms with E-state index in [2.05, 4.69) is 73.8 Å². The Morgan fingerprint density at radius 1 is 1.22 bits per heavy atom. The summed E-state index contributed by atoms with van der Waals surface area (Å²) in [5.41, 5.74) is -0.615. The molecule has 4 nitrogen and oxygen atoms in total. The van der Waals surface area contributed by atoms with E-state index in [0.29, 0.717) is 29.9 Å². The summed E-state index contributed by atoms with van der Waals surface area (Å²) in [7, 11) is 0. The van der Waals surface area contributed by atoms with Crippen LogP contribution >= 0.6 is 11.8 Å². The number of aliphatic hydroxyl groups is 1. The number of thioether (sulfide) groups is 1. The van der Waals surface area contributed by atoms with Crippen molar-refractivity contribution in [3.8, 4) is 0 Å². The average molecular weight is 524 g/mol. The number of ether oxygens (including phenoxy) is 1. The Morgan fingerprint density at radius 2 is 1.86 bits per heavy atom. The third-order valence-electron chi connectivity index (χ3n) is 10.9. The number of hydrogen-bond donors (Lipinski definition) is 1. The van der Waals surface area contributed by atoms with E-state index in [0.717, 1.165) is 51.1 Å². The van der Waals surface area contributed by atoms with Gasteiger partial charge in [0.2, 0.25) is 0 Å². The number of aliphatic hydroxyl groups excluding tert-OH is 1. The van der Waals surface area contributed by atoms with Crippen molar-refractivity contribution >= 4 is 17.7 Å². The van der Waals surface area contributed by atoms with Gasteiger partial charge in [-0.05, 0) is 67.9 Å². The first-order valence-corrected chi connectivity index (χ1v) is 15.8. The van der Waals surface area contributed by atoms with Crippen LogP contribution in [0.1, 0.15) is 94.4 Å². The van der Waals surface area contributed by atoms with E-state index < -0.39 is 11.5 Å². The molecule has 2 saturated carbocycles. The van der Waals surface area contributed by atoms with Crippen molar-refractivity contribution in [1.82, 2.24) is 4.90 Å². The molecule has 5 heteroatoms. The maximum Gasteiger partial charge on any atom is 0.316 e. The van der Waals surface area contributed by atoms with Crippen LogP contribution in [0, 0.1) is 39.9 Å². The second kappa shape index (κ2) is 13.0. The lowest BCUT2D eigenvalue weighted by Crippen LogP contribution is -2.62. The van der Waals surface area contributed by atoms with Crippen molar-refractivity contribution in [2.45, 2.75) is 107 Å². The summed E-state index contributed by atoms with van der Waals surface area (Å²) in [5.74, 6) is 2.79. The van der Waals surface area contributed by atoms with Crippen molar-refractivity contribution in [3.63, 3.8) is 0 Å². The Bertz CT molecular complexity index is 725. The predicted molar refractivity (Wildman–Crippen MR) is 155 cm³/mol. The molecule has 0 heterocycles. The van der Waals surface area contributed by atoms with Gasteiger partial charge in [0, 0.05) is 23.1 Å². The SMILES string of the molecule is C=C[C@]1(C)C[C@@H](OC(=O)CSCCN(CC)CC)[C@]2(C)C(C)CC[C@@](CCC(C)C)(C2C)[C@@H](C)[C@@H]1O. The van der Waals surface area contributed by atoms with Gasteiger partial charge < -0.3 is 14.7 Å². The molecule has 2 aliphatic carbocycles. The highest BCUT2D eigenvalue weighted by molar-refractivity contribution is 7.99. The quantitative estimate of drug-likeness (QED) is 0.169. The van der Waals surface area contributed by atoms with Gasteiger partial charge in [-0.3, -0.25) is 4.79 Å². The summed E-state index contributed by atoms with van der Waals surface area (Å²) in [6.45, 7) is 27.7. The third kappa shape index (κ3) is 6.37. The van der Waals surface area contributed by atoms with E-state index in [1.165, 1.54) is 0 Å². The number of nitrogens with zero attached hydrogens (tertiary/aromatic N) is 1. The molecule has 2 aliphatic rings.